The monoisotopic (exact) mass is 477 g/mol. The van der Waals surface area contributed by atoms with E-state index < -0.39 is 15.9 Å². The summed E-state index contributed by atoms with van der Waals surface area (Å²) in [4.78, 5) is 18.1. The van der Waals surface area contributed by atoms with Crippen molar-refractivity contribution < 1.29 is 17.9 Å². The van der Waals surface area contributed by atoms with Gasteiger partial charge in [-0.15, -0.1) is 0 Å². The van der Waals surface area contributed by atoms with Gasteiger partial charge in [0, 0.05) is 18.7 Å². The van der Waals surface area contributed by atoms with Crippen LogP contribution in [0.5, 0.6) is 0 Å². The number of anilines is 1. The molecule has 1 amide bonds. The van der Waals surface area contributed by atoms with E-state index in [4.69, 9.17) is 16.3 Å². The fourth-order valence-electron chi connectivity index (χ4n) is 3.24. The summed E-state index contributed by atoms with van der Waals surface area (Å²) in [5, 5.41) is 3.27. The highest BCUT2D eigenvalue weighted by molar-refractivity contribution is 7.89. The highest BCUT2D eigenvalue weighted by Crippen LogP contribution is 2.33. The predicted octanol–water partition coefficient (Wildman–Crippen LogP) is 4.05. The summed E-state index contributed by atoms with van der Waals surface area (Å²) in [6.45, 7) is 3.02. The molecule has 162 valence electrons. The van der Waals surface area contributed by atoms with Crippen LogP contribution in [0, 0.1) is 6.92 Å². The number of aryl methyl sites for hydroxylation is 1. The second-order valence-electron chi connectivity index (χ2n) is 6.92. The highest BCUT2D eigenvalue weighted by atomic mass is 35.5. The fourth-order valence-corrected chi connectivity index (χ4v) is 6.12. The number of morpholine rings is 1. The topological polar surface area (TPSA) is 88.6 Å². The van der Waals surface area contributed by atoms with Crippen molar-refractivity contribution in [2.24, 2.45) is 0 Å². The molecule has 10 heteroatoms. The number of nitrogens with one attached hydrogen (secondary N) is 1. The molecule has 0 aliphatic carbocycles. The predicted molar refractivity (Wildman–Crippen MR) is 121 cm³/mol. The summed E-state index contributed by atoms with van der Waals surface area (Å²) >= 11 is 7.54. The van der Waals surface area contributed by atoms with E-state index in [0.29, 0.717) is 18.3 Å². The Labute approximate surface area is 189 Å². The molecule has 1 saturated heterocycles. The molecule has 1 fully saturated rings. The van der Waals surface area contributed by atoms with Crippen molar-refractivity contribution in [1.82, 2.24) is 9.29 Å². The van der Waals surface area contributed by atoms with Crippen molar-refractivity contribution in [3.05, 3.63) is 64.8 Å². The average Bonchev–Trinajstić information content (AvgIpc) is 3.15. The number of rotatable bonds is 5. The maximum atomic E-state index is 13.0. The number of benzene rings is 2. The van der Waals surface area contributed by atoms with Gasteiger partial charge < -0.3 is 4.74 Å². The minimum atomic E-state index is -3.83. The number of aromatic nitrogens is 1. The van der Waals surface area contributed by atoms with Gasteiger partial charge in [0.15, 0.2) is 5.13 Å². The van der Waals surface area contributed by atoms with E-state index in [2.05, 4.69) is 10.3 Å². The van der Waals surface area contributed by atoms with Gasteiger partial charge in [-0.2, -0.15) is 4.31 Å². The summed E-state index contributed by atoms with van der Waals surface area (Å²) in [6, 6.07) is 14.0. The summed E-state index contributed by atoms with van der Waals surface area (Å²) < 4.78 is 32.5. The van der Waals surface area contributed by atoms with Crippen LogP contribution in [-0.4, -0.2) is 49.9 Å². The number of hydrogen-bond acceptors (Lipinski definition) is 6. The van der Waals surface area contributed by atoms with Gasteiger partial charge >= 0.3 is 0 Å². The third-order valence-corrected chi connectivity index (χ3v) is 8.34. The van der Waals surface area contributed by atoms with Crippen molar-refractivity contribution >= 4 is 44.0 Å². The Morgan fingerprint density at radius 3 is 2.58 bits per heavy atom. The molecule has 1 aliphatic rings. The van der Waals surface area contributed by atoms with Crippen LogP contribution in [0.15, 0.2) is 53.4 Å². The van der Waals surface area contributed by atoms with Crippen molar-refractivity contribution in [2.75, 3.05) is 31.6 Å². The molecular weight excluding hydrogens is 458 g/mol. The Morgan fingerprint density at radius 2 is 1.87 bits per heavy atom. The molecule has 0 atom stereocenters. The number of ether oxygens (including phenoxy) is 1. The molecule has 2 heterocycles. The second-order valence-corrected chi connectivity index (χ2v) is 10.2. The molecule has 2 aromatic carbocycles. The van der Waals surface area contributed by atoms with E-state index in [0.717, 1.165) is 16.1 Å². The number of amides is 1. The molecule has 1 aromatic heterocycles. The number of carbonyl (C=O) groups is 1. The van der Waals surface area contributed by atoms with E-state index in [-0.39, 0.29) is 28.6 Å². The van der Waals surface area contributed by atoms with Crippen LogP contribution in [-0.2, 0) is 14.8 Å². The molecule has 3 aromatic rings. The lowest BCUT2D eigenvalue weighted by molar-refractivity contribution is 0.0730. The molecular formula is C21H20ClN3O4S2. The lowest BCUT2D eigenvalue weighted by Crippen LogP contribution is -2.40. The van der Waals surface area contributed by atoms with Crippen molar-refractivity contribution in [1.29, 1.82) is 0 Å². The van der Waals surface area contributed by atoms with Crippen LogP contribution in [0.2, 0.25) is 5.02 Å². The Kier molecular flexibility index (Phi) is 6.40. The Hall–Kier alpha value is -2.30. The molecule has 0 spiro atoms. The quantitative estimate of drug-likeness (QED) is 0.599. The van der Waals surface area contributed by atoms with E-state index in [9.17, 15) is 13.2 Å². The second kappa shape index (κ2) is 9.05. The van der Waals surface area contributed by atoms with Crippen LogP contribution >= 0.6 is 22.9 Å². The minimum Gasteiger partial charge on any atom is -0.379 e. The zero-order valence-electron chi connectivity index (χ0n) is 16.7. The molecule has 0 unspecified atom stereocenters. The number of halogens is 1. The van der Waals surface area contributed by atoms with Gasteiger partial charge in [-0.3, -0.25) is 10.1 Å². The van der Waals surface area contributed by atoms with Gasteiger partial charge in [-0.05, 0) is 30.7 Å². The Balaban J connectivity index is 1.58. The first-order valence-corrected chi connectivity index (χ1v) is 12.2. The lowest BCUT2D eigenvalue weighted by atomic mass is 10.2. The number of sulfonamides is 1. The Bertz CT molecular complexity index is 1210. The van der Waals surface area contributed by atoms with Gasteiger partial charge in [0.2, 0.25) is 10.0 Å². The summed E-state index contributed by atoms with van der Waals surface area (Å²) in [6.07, 6.45) is 0. The van der Waals surface area contributed by atoms with Gasteiger partial charge in [-0.1, -0.05) is 53.3 Å². The van der Waals surface area contributed by atoms with Crippen LogP contribution in [0.4, 0.5) is 5.13 Å². The maximum absolute atomic E-state index is 13.0. The largest absolute Gasteiger partial charge is 0.379 e. The SMILES string of the molecule is Cc1nc(NC(=O)c2ccc(Cl)c(S(=O)(=O)N3CCOCC3)c2)sc1-c1ccccc1. The molecule has 1 N–H and O–H groups in total. The van der Waals surface area contributed by atoms with Gasteiger partial charge in [-0.25, -0.2) is 13.4 Å². The molecule has 0 radical (unpaired) electrons. The molecule has 0 saturated carbocycles. The summed E-state index contributed by atoms with van der Waals surface area (Å²) in [5.41, 5.74) is 2.01. The molecule has 31 heavy (non-hydrogen) atoms. The fraction of sp³-hybridized carbons (Fsp3) is 0.238. The van der Waals surface area contributed by atoms with E-state index >= 15 is 0 Å². The molecule has 0 bridgehead atoms. The van der Waals surface area contributed by atoms with Crippen molar-refractivity contribution in [3.63, 3.8) is 0 Å². The average molecular weight is 478 g/mol. The summed E-state index contributed by atoms with van der Waals surface area (Å²) in [7, 11) is -3.83. The number of nitrogens with zero attached hydrogens (tertiary/aromatic N) is 2. The van der Waals surface area contributed by atoms with Crippen molar-refractivity contribution in [2.45, 2.75) is 11.8 Å². The van der Waals surface area contributed by atoms with Crippen LogP contribution in [0.1, 0.15) is 16.1 Å². The molecule has 1 aliphatic heterocycles. The van der Waals surface area contributed by atoms with Crippen LogP contribution in [0.25, 0.3) is 10.4 Å². The first-order chi connectivity index (χ1) is 14.9. The third-order valence-electron chi connectivity index (χ3n) is 4.83. The first kappa shape index (κ1) is 21.9. The minimum absolute atomic E-state index is 0.0690. The van der Waals surface area contributed by atoms with Gasteiger partial charge in [0.05, 0.1) is 28.8 Å². The van der Waals surface area contributed by atoms with E-state index in [1.165, 1.54) is 33.8 Å². The first-order valence-electron chi connectivity index (χ1n) is 9.58. The van der Waals surface area contributed by atoms with Crippen LogP contribution in [0.3, 0.4) is 0 Å². The van der Waals surface area contributed by atoms with E-state index in [1.807, 2.05) is 37.3 Å². The standard InChI is InChI=1S/C21H20ClN3O4S2/c1-14-19(15-5-3-2-4-6-15)30-21(23-14)24-20(26)16-7-8-17(22)18(13-16)31(27,28)25-9-11-29-12-10-25/h2-8,13H,9-12H2,1H3,(H,23,24,26). The normalized spacial score (nSPS) is 15.0. The van der Waals surface area contributed by atoms with E-state index in [1.54, 1.807) is 0 Å². The number of thiazole rings is 1. The zero-order chi connectivity index (χ0) is 22.0. The highest BCUT2D eigenvalue weighted by Gasteiger charge is 2.29. The summed E-state index contributed by atoms with van der Waals surface area (Å²) in [5.74, 6) is -0.455. The zero-order valence-corrected chi connectivity index (χ0v) is 19.1. The Morgan fingerprint density at radius 1 is 1.16 bits per heavy atom. The maximum Gasteiger partial charge on any atom is 0.257 e. The lowest BCUT2D eigenvalue weighted by Gasteiger charge is -2.26. The smallest absolute Gasteiger partial charge is 0.257 e. The number of hydrogen-bond donors (Lipinski definition) is 1. The van der Waals surface area contributed by atoms with Gasteiger partial charge in [0.1, 0.15) is 4.90 Å². The van der Waals surface area contributed by atoms with Crippen molar-refractivity contribution in [3.8, 4) is 10.4 Å². The van der Waals surface area contributed by atoms with Gasteiger partial charge in [0.25, 0.3) is 5.91 Å². The van der Waals surface area contributed by atoms with Crippen LogP contribution < -0.4 is 5.32 Å². The molecule has 4 rings (SSSR count). The molecule has 7 nitrogen and oxygen atoms in total. The number of carbonyl (C=O) groups excluding carboxylic acids is 1. The third kappa shape index (κ3) is 4.65.